The molecule has 2 aromatic rings. The van der Waals surface area contributed by atoms with Gasteiger partial charge in [0.2, 0.25) is 0 Å². The van der Waals surface area contributed by atoms with E-state index in [2.05, 4.69) is 44.1 Å². The molecular formula is C31H48FN7O3. The van der Waals surface area contributed by atoms with Crippen molar-refractivity contribution >= 4 is 11.7 Å². The van der Waals surface area contributed by atoms with Crippen LogP contribution in [0.25, 0.3) is 0 Å². The summed E-state index contributed by atoms with van der Waals surface area (Å²) in [5.41, 5.74) is 0.345. The molecule has 11 heteroatoms. The van der Waals surface area contributed by atoms with Gasteiger partial charge in [0.1, 0.15) is 17.9 Å². The first kappa shape index (κ1) is 32.0. The Labute approximate surface area is 249 Å². The number of aromatic nitrogens is 3. The summed E-state index contributed by atoms with van der Waals surface area (Å²) in [7, 11) is 0. The maximum atomic E-state index is 14.2. The van der Waals surface area contributed by atoms with Gasteiger partial charge in [-0.05, 0) is 83.7 Å². The molecule has 2 saturated heterocycles. The predicted octanol–water partition coefficient (Wildman–Crippen LogP) is 3.96. The SMILES string of the molecule is CCN(C(=O)c1cc(F)ccc1Oc1nncnc1N1CCC2(C1)CN(C(CCNCCCCO)C(C)C)C2)C(C)C. The van der Waals surface area contributed by atoms with E-state index in [1.165, 1.54) is 24.5 Å². The average molecular weight is 586 g/mol. The third kappa shape index (κ3) is 7.54. The molecule has 1 unspecified atom stereocenters. The number of rotatable bonds is 15. The van der Waals surface area contributed by atoms with Crippen LogP contribution in [0.15, 0.2) is 24.5 Å². The van der Waals surface area contributed by atoms with Crippen LogP contribution in [0.4, 0.5) is 10.2 Å². The molecule has 1 aromatic heterocycles. The summed E-state index contributed by atoms with van der Waals surface area (Å²) in [6.45, 7) is 16.8. The Morgan fingerprint density at radius 2 is 1.98 bits per heavy atom. The normalized spacial score (nSPS) is 17.2. The van der Waals surface area contributed by atoms with Gasteiger partial charge in [-0.15, -0.1) is 10.2 Å². The molecule has 2 N–H and O–H groups in total. The van der Waals surface area contributed by atoms with Gasteiger partial charge in [0.25, 0.3) is 11.8 Å². The summed E-state index contributed by atoms with van der Waals surface area (Å²) in [5, 5.41) is 20.7. The minimum absolute atomic E-state index is 0.0429. The third-order valence-corrected chi connectivity index (χ3v) is 8.61. The molecular weight excluding hydrogens is 537 g/mol. The number of benzene rings is 1. The minimum atomic E-state index is -0.504. The fourth-order valence-electron chi connectivity index (χ4n) is 6.40. The topological polar surface area (TPSA) is 107 Å². The molecule has 42 heavy (non-hydrogen) atoms. The predicted molar refractivity (Wildman–Crippen MR) is 161 cm³/mol. The fraction of sp³-hybridized carbons (Fsp3) is 0.677. The van der Waals surface area contributed by atoms with E-state index in [-0.39, 0.29) is 41.2 Å². The van der Waals surface area contributed by atoms with E-state index < -0.39 is 5.82 Å². The van der Waals surface area contributed by atoms with E-state index >= 15 is 0 Å². The highest BCUT2D eigenvalue weighted by Crippen LogP contribution is 2.44. The van der Waals surface area contributed by atoms with Crippen molar-refractivity contribution in [1.29, 1.82) is 0 Å². The fourth-order valence-corrected chi connectivity index (χ4v) is 6.40. The zero-order valence-electron chi connectivity index (χ0n) is 25.9. The molecule has 0 radical (unpaired) electrons. The van der Waals surface area contributed by atoms with Crippen LogP contribution in [0.2, 0.25) is 0 Å². The summed E-state index contributed by atoms with van der Waals surface area (Å²) in [5.74, 6) is 0.805. The van der Waals surface area contributed by atoms with Crippen molar-refractivity contribution in [3.8, 4) is 11.6 Å². The number of carbonyl (C=O) groups excluding carboxylic acids is 1. The maximum absolute atomic E-state index is 14.2. The summed E-state index contributed by atoms with van der Waals surface area (Å²) in [6, 6.07) is 4.45. The summed E-state index contributed by atoms with van der Waals surface area (Å²) < 4.78 is 20.4. The van der Waals surface area contributed by atoms with Crippen LogP contribution in [-0.4, -0.2) is 100 Å². The second-order valence-corrected chi connectivity index (χ2v) is 12.4. The molecule has 1 atom stereocenters. The largest absolute Gasteiger partial charge is 0.434 e. The first-order valence-corrected chi connectivity index (χ1v) is 15.4. The van der Waals surface area contributed by atoms with E-state index in [9.17, 15) is 9.18 Å². The van der Waals surface area contributed by atoms with Crippen molar-refractivity contribution in [2.45, 2.75) is 72.4 Å². The number of halogens is 1. The number of nitrogens with zero attached hydrogens (tertiary/aromatic N) is 6. The summed E-state index contributed by atoms with van der Waals surface area (Å²) in [4.78, 5) is 24.3. The second-order valence-electron chi connectivity index (χ2n) is 12.4. The lowest BCUT2D eigenvalue weighted by molar-refractivity contribution is -0.0331. The number of hydrogen-bond donors (Lipinski definition) is 2. The van der Waals surface area contributed by atoms with Crippen LogP contribution in [0.1, 0.15) is 70.7 Å². The Bertz CT molecular complexity index is 1170. The highest BCUT2D eigenvalue weighted by Gasteiger charge is 2.50. The number of nitrogens with one attached hydrogen (secondary N) is 1. The van der Waals surface area contributed by atoms with Gasteiger partial charge in [0.05, 0.1) is 5.56 Å². The monoisotopic (exact) mass is 585 g/mol. The number of likely N-dealkylation sites (tertiary alicyclic amines) is 1. The Kier molecular flexibility index (Phi) is 11.1. The maximum Gasteiger partial charge on any atom is 0.282 e. The van der Waals surface area contributed by atoms with E-state index in [4.69, 9.17) is 9.84 Å². The average Bonchev–Trinajstić information content (AvgIpc) is 3.39. The van der Waals surface area contributed by atoms with E-state index in [0.717, 1.165) is 65.0 Å². The van der Waals surface area contributed by atoms with Crippen molar-refractivity contribution < 1.29 is 19.0 Å². The first-order valence-electron chi connectivity index (χ1n) is 15.4. The van der Waals surface area contributed by atoms with Crippen molar-refractivity contribution in [1.82, 2.24) is 30.3 Å². The Morgan fingerprint density at radius 3 is 2.67 bits per heavy atom. The number of anilines is 1. The number of unbranched alkanes of at least 4 members (excludes halogenated alkanes) is 1. The lowest BCUT2D eigenvalue weighted by Crippen LogP contribution is -2.62. The van der Waals surface area contributed by atoms with Crippen molar-refractivity contribution in [3.63, 3.8) is 0 Å². The van der Waals surface area contributed by atoms with Crippen molar-refractivity contribution in [2.24, 2.45) is 11.3 Å². The number of hydrogen-bond acceptors (Lipinski definition) is 9. The zero-order valence-corrected chi connectivity index (χ0v) is 25.9. The van der Waals surface area contributed by atoms with E-state index in [1.807, 2.05) is 20.8 Å². The summed E-state index contributed by atoms with van der Waals surface area (Å²) in [6.07, 6.45) is 5.42. The molecule has 1 aromatic carbocycles. The Morgan fingerprint density at radius 1 is 1.19 bits per heavy atom. The molecule has 2 aliphatic rings. The Hall–Kier alpha value is -2.89. The highest BCUT2D eigenvalue weighted by molar-refractivity contribution is 5.97. The van der Waals surface area contributed by atoms with Gasteiger partial charge in [0, 0.05) is 56.8 Å². The standard InChI is InChI=1S/C31H48FN7O3/c1-6-39(23(4)5)30(41)25-17-24(32)9-10-27(25)42-29-28(34-21-35-36-29)37-15-12-31(18-37)19-38(20-31)26(22(2)3)11-14-33-13-7-8-16-40/h9-10,17,21-23,26,33,40H,6-8,11-16,18-20H2,1-5H3. The lowest BCUT2D eigenvalue weighted by atomic mass is 9.76. The van der Waals surface area contributed by atoms with E-state index in [1.54, 1.807) is 4.90 Å². The van der Waals surface area contributed by atoms with Gasteiger partial charge in [-0.2, -0.15) is 0 Å². The van der Waals surface area contributed by atoms with Gasteiger partial charge in [-0.1, -0.05) is 13.8 Å². The van der Waals surface area contributed by atoms with Gasteiger partial charge >= 0.3 is 0 Å². The molecule has 2 aliphatic heterocycles. The van der Waals surface area contributed by atoms with E-state index in [0.29, 0.717) is 24.3 Å². The van der Waals surface area contributed by atoms with Crippen LogP contribution in [0, 0.1) is 17.2 Å². The zero-order chi connectivity index (χ0) is 30.3. The second kappa shape index (κ2) is 14.5. The van der Waals surface area contributed by atoms with Gasteiger partial charge in [0.15, 0.2) is 5.82 Å². The van der Waals surface area contributed by atoms with Crippen LogP contribution in [0.3, 0.4) is 0 Å². The third-order valence-electron chi connectivity index (χ3n) is 8.61. The number of carbonyl (C=O) groups is 1. The molecule has 0 aliphatic carbocycles. The number of aliphatic hydroxyl groups excluding tert-OH is 1. The Balaban J connectivity index is 1.42. The number of amides is 1. The molecule has 3 heterocycles. The number of ether oxygens (including phenoxy) is 1. The number of aliphatic hydroxyl groups is 1. The molecule has 4 rings (SSSR count). The van der Waals surface area contributed by atoms with Gasteiger partial charge in [-0.3, -0.25) is 9.69 Å². The molecule has 2 fully saturated rings. The molecule has 1 spiro atoms. The molecule has 10 nitrogen and oxygen atoms in total. The quantitative estimate of drug-likeness (QED) is 0.300. The van der Waals surface area contributed by atoms with Gasteiger partial charge < -0.3 is 25.0 Å². The smallest absolute Gasteiger partial charge is 0.282 e. The summed E-state index contributed by atoms with van der Waals surface area (Å²) >= 11 is 0. The van der Waals surface area contributed by atoms with Crippen molar-refractivity contribution in [2.75, 3.05) is 57.3 Å². The van der Waals surface area contributed by atoms with Gasteiger partial charge in [-0.25, -0.2) is 9.37 Å². The first-order chi connectivity index (χ1) is 20.2. The molecule has 0 bridgehead atoms. The minimum Gasteiger partial charge on any atom is -0.434 e. The van der Waals surface area contributed by atoms with Crippen LogP contribution < -0.4 is 15.0 Å². The highest BCUT2D eigenvalue weighted by atomic mass is 19.1. The van der Waals surface area contributed by atoms with Crippen LogP contribution in [0.5, 0.6) is 11.6 Å². The van der Waals surface area contributed by atoms with Crippen LogP contribution >= 0.6 is 0 Å². The lowest BCUT2D eigenvalue weighted by Gasteiger charge is -2.53. The van der Waals surface area contributed by atoms with Crippen LogP contribution in [-0.2, 0) is 0 Å². The molecule has 1 amide bonds. The van der Waals surface area contributed by atoms with Crippen molar-refractivity contribution in [3.05, 3.63) is 35.9 Å². The molecule has 0 saturated carbocycles. The molecule has 232 valence electrons.